The predicted molar refractivity (Wildman–Crippen MR) is 79.3 cm³/mol. The van der Waals surface area contributed by atoms with E-state index in [-0.39, 0.29) is 0 Å². The number of rotatable bonds is 4. The van der Waals surface area contributed by atoms with Gasteiger partial charge in [0, 0.05) is 23.4 Å². The molecular formula is C15H16N2OS. The maximum Gasteiger partial charge on any atom is 0.164 e. The molecule has 19 heavy (non-hydrogen) atoms. The van der Waals surface area contributed by atoms with Crippen LogP contribution in [0.5, 0.6) is 0 Å². The van der Waals surface area contributed by atoms with Gasteiger partial charge in [-0.25, -0.2) is 4.98 Å². The number of nitrogens with zero attached hydrogens (tertiary/aromatic N) is 1. The van der Waals surface area contributed by atoms with Crippen LogP contribution in [0.25, 0.3) is 21.7 Å². The summed E-state index contributed by atoms with van der Waals surface area (Å²) in [5.41, 5.74) is 1.98. The molecule has 3 nitrogen and oxygen atoms in total. The molecule has 2 aromatic heterocycles. The van der Waals surface area contributed by atoms with Crippen LogP contribution in [0.3, 0.4) is 0 Å². The number of thiazole rings is 1. The topological polar surface area (TPSA) is 38.1 Å². The Labute approximate surface area is 116 Å². The maximum absolute atomic E-state index is 5.82. The fourth-order valence-electron chi connectivity index (χ4n) is 1.90. The van der Waals surface area contributed by atoms with E-state index in [1.807, 2.05) is 24.3 Å². The Morgan fingerprint density at radius 1 is 1.32 bits per heavy atom. The normalized spacial score (nSPS) is 11.5. The van der Waals surface area contributed by atoms with Crippen LogP contribution in [0.2, 0.25) is 0 Å². The lowest BCUT2D eigenvalue weighted by Crippen LogP contribution is -2.21. The summed E-state index contributed by atoms with van der Waals surface area (Å²) in [5.74, 6) is 0.849. The van der Waals surface area contributed by atoms with Crippen LogP contribution in [0.1, 0.15) is 19.5 Å². The van der Waals surface area contributed by atoms with Gasteiger partial charge >= 0.3 is 0 Å². The molecule has 0 saturated heterocycles. The molecule has 0 amide bonds. The summed E-state index contributed by atoms with van der Waals surface area (Å²) in [5, 5.41) is 7.51. The van der Waals surface area contributed by atoms with Gasteiger partial charge in [-0.05, 0) is 12.1 Å². The van der Waals surface area contributed by atoms with E-state index in [0.29, 0.717) is 6.04 Å². The molecule has 0 spiro atoms. The summed E-state index contributed by atoms with van der Waals surface area (Å²) in [6.07, 6.45) is 0. The quantitative estimate of drug-likeness (QED) is 0.778. The van der Waals surface area contributed by atoms with Crippen LogP contribution < -0.4 is 5.32 Å². The Morgan fingerprint density at radius 2 is 2.16 bits per heavy atom. The molecule has 4 heteroatoms. The summed E-state index contributed by atoms with van der Waals surface area (Å²) in [6.45, 7) is 5.06. The molecule has 1 aromatic carbocycles. The molecule has 0 aliphatic heterocycles. The van der Waals surface area contributed by atoms with Gasteiger partial charge in [-0.3, -0.25) is 0 Å². The number of furan rings is 1. The van der Waals surface area contributed by atoms with Crippen molar-refractivity contribution < 1.29 is 4.42 Å². The van der Waals surface area contributed by atoms with Gasteiger partial charge in [0.05, 0.1) is 5.69 Å². The maximum atomic E-state index is 5.82. The largest absolute Gasteiger partial charge is 0.454 e. The minimum Gasteiger partial charge on any atom is -0.454 e. The zero-order chi connectivity index (χ0) is 13.2. The zero-order valence-electron chi connectivity index (χ0n) is 11.0. The van der Waals surface area contributed by atoms with E-state index in [0.717, 1.165) is 34.0 Å². The first-order chi connectivity index (χ1) is 9.22. The predicted octanol–water partition coefficient (Wildman–Crippen LogP) is 4.05. The minimum absolute atomic E-state index is 0.469. The molecule has 98 valence electrons. The number of hydrogen-bond donors (Lipinski definition) is 1. The molecule has 0 aliphatic rings. The molecule has 0 bridgehead atoms. The Kier molecular flexibility index (Phi) is 3.36. The van der Waals surface area contributed by atoms with E-state index in [9.17, 15) is 0 Å². The third-order valence-electron chi connectivity index (χ3n) is 2.88. The number of nitrogens with one attached hydrogen (secondary N) is 1. The Balaban J connectivity index is 1.85. The van der Waals surface area contributed by atoms with Gasteiger partial charge in [0.1, 0.15) is 5.58 Å². The Bertz CT molecular complexity index is 651. The van der Waals surface area contributed by atoms with Crippen LogP contribution in [0.4, 0.5) is 0 Å². The van der Waals surface area contributed by atoms with Crippen molar-refractivity contribution in [2.45, 2.75) is 26.4 Å². The summed E-state index contributed by atoms with van der Waals surface area (Å²) in [7, 11) is 0. The molecule has 3 aromatic rings. The highest BCUT2D eigenvalue weighted by Gasteiger charge is 2.10. The van der Waals surface area contributed by atoms with Crippen LogP contribution in [-0.4, -0.2) is 11.0 Å². The lowest BCUT2D eigenvalue weighted by Gasteiger charge is -2.04. The zero-order valence-corrected chi connectivity index (χ0v) is 11.8. The second-order valence-electron chi connectivity index (χ2n) is 4.83. The fourth-order valence-corrected chi connectivity index (χ4v) is 2.67. The summed E-state index contributed by atoms with van der Waals surface area (Å²) in [4.78, 5) is 4.61. The smallest absolute Gasteiger partial charge is 0.164 e. The lowest BCUT2D eigenvalue weighted by atomic mass is 10.2. The van der Waals surface area contributed by atoms with Gasteiger partial charge in [0.25, 0.3) is 0 Å². The van der Waals surface area contributed by atoms with E-state index in [2.05, 4.69) is 35.6 Å². The SMILES string of the molecule is CC(C)NCc1csc(-c2cc3ccccc3o2)n1. The number of benzene rings is 1. The average molecular weight is 272 g/mol. The van der Waals surface area contributed by atoms with Crippen molar-refractivity contribution in [3.8, 4) is 10.8 Å². The van der Waals surface area contributed by atoms with Gasteiger partial charge in [-0.2, -0.15) is 0 Å². The summed E-state index contributed by atoms with van der Waals surface area (Å²) in [6, 6.07) is 10.5. The molecule has 2 heterocycles. The molecule has 0 aliphatic carbocycles. The van der Waals surface area contributed by atoms with Gasteiger partial charge in [-0.1, -0.05) is 32.0 Å². The third-order valence-corrected chi connectivity index (χ3v) is 3.79. The van der Waals surface area contributed by atoms with E-state index in [1.165, 1.54) is 0 Å². The van der Waals surface area contributed by atoms with Crippen LogP contribution in [-0.2, 0) is 6.54 Å². The van der Waals surface area contributed by atoms with Crippen molar-refractivity contribution in [2.24, 2.45) is 0 Å². The number of aromatic nitrogens is 1. The van der Waals surface area contributed by atoms with Crippen LogP contribution in [0, 0.1) is 0 Å². The van der Waals surface area contributed by atoms with Crippen LogP contribution >= 0.6 is 11.3 Å². The van der Waals surface area contributed by atoms with Crippen molar-refractivity contribution in [2.75, 3.05) is 0 Å². The Hall–Kier alpha value is -1.65. The van der Waals surface area contributed by atoms with Gasteiger partial charge in [-0.15, -0.1) is 11.3 Å². The molecule has 0 radical (unpaired) electrons. The van der Waals surface area contributed by atoms with Crippen molar-refractivity contribution in [1.29, 1.82) is 0 Å². The van der Waals surface area contributed by atoms with Crippen LogP contribution in [0.15, 0.2) is 40.1 Å². The monoisotopic (exact) mass is 272 g/mol. The molecule has 0 unspecified atom stereocenters. The first kappa shape index (κ1) is 12.4. The number of para-hydroxylation sites is 1. The van der Waals surface area contributed by atoms with E-state index in [4.69, 9.17) is 4.42 Å². The summed E-state index contributed by atoms with van der Waals surface area (Å²) >= 11 is 1.62. The standard InChI is InChI=1S/C15H16N2OS/c1-10(2)16-8-12-9-19-15(17-12)14-7-11-5-3-4-6-13(11)18-14/h3-7,9-10,16H,8H2,1-2H3. The number of fused-ring (bicyclic) bond motifs is 1. The fraction of sp³-hybridized carbons (Fsp3) is 0.267. The second-order valence-corrected chi connectivity index (χ2v) is 5.69. The highest BCUT2D eigenvalue weighted by Crippen LogP contribution is 2.29. The summed E-state index contributed by atoms with van der Waals surface area (Å²) < 4.78 is 5.82. The second kappa shape index (κ2) is 5.15. The molecule has 0 saturated carbocycles. The average Bonchev–Trinajstić information content (AvgIpc) is 3.02. The van der Waals surface area contributed by atoms with Crippen molar-refractivity contribution in [3.05, 3.63) is 41.4 Å². The first-order valence-corrected chi connectivity index (χ1v) is 7.27. The van der Waals surface area contributed by atoms with Crippen molar-refractivity contribution in [3.63, 3.8) is 0 Å². The lowest BCUT2D eigenvalue weighted by molar-refractivity contribution is 0.582. The molecule has 0 atom stereocenters. The van der Waals surface area contributed by atoms with Crippen molar-refractivity contribution >= 4 is 22.3 Å². The highest BCUT2D eigenvalue weighted by atomic mass is 32.1. The van der Waals surface area contributed by atoms with Crippen molar-refractivity contribution in [1.82, 2.24) is 10.3 Å². The molecule has 3 rings (SSSR count). The van der Waals surface area contributed by atoms with E-state index < -0.39 is 0 Å². The molecule has 1 N–H and O–H groups in total. The van der Waals surface area contributed by atoms with E-state index in [1.54, 1.807) is 11.3 Å². The minimum atomic E-state index is 0.469. The molecular weight excluding hydrogens is 256 g/mol. The molecule has 0 fully saturated rings. The first-order valence-electron chi connectivity index (χ1n) is 6.39. The van der Waals surface area contributed by atoms with Gasteiger partial charge in [0.15, 0.2) is 10.8 Å². The highest BCUT2D eigenvalue weighted by molar-refractivity contribution is 7.13. The van der Waals surface area contributed by atoms with Gasteiger partial charge < -0.3 is 9.73 Å². The van der Waals surface area contributed by atoms with Gasteiger partial charge in [0.2, 0.25) is 0 Å². The number of hydrogen-bond acceptors (Lipinski definition) is 4. The third kappa shape index (κ3) is 2.69. The Morgan fingerprint density at radius 3 is 2.95 bits per heavy atom. The van der Waals surface area contributed by atoms with E-state index >= 15 is 0 Å².